The van der Waals surface area contributed by atoms with Crippen molar-refractivity contribution < 1.29 is 4.74 Å². The maximum absolute atomic E-state index is 5.62. The SMILES string of the molecule is CC(N)CCCSC1COC1. The molecule has 1 aliphatic heterocycles. The summed E-state index contributed by atoms with van der Waals surface area (Å²) >= 11 is 2.02. The lowest BCUT2D eigenvalue weighted by atomic mass is 10.2. The first-order chi connectivity index (χ1) is 5.29. The highest BCUT2D eigenvalue weighted by atomic mass is 32.2. The molecule has 66 valence electrons. The van der Waals surface area contributed by atoms with E-state index in [1.54, 1.807) is 0 Å². The number of thioether (sulfide) groups is 1. The Labute approximate surface area is 72.9 Å². The minimum Gasteiger partial charge on any atom is -0.379 e. The fourth-order valence-electron chi connectivity index (χ4n) is 0.966. The summed E-state index contributed by atoms with van der Waals surface area (Å²) < 4.78 is 5.07. The molecule has 1 atom stereocenters. The molecule has 0 aliphatic carbocycles. The van der Waals surface area contributed by atoms with Crippen molar-refractivity contribution in [1.29, 1.82) is 0 Å². The predicted molar refractivity (Wildman–Crippen MR) is 49.9 cm³/mol. The third-order valence-corrected chi connectivity index (χ3v) is 3.03. The summed E-state index contributed by atoms with van der Waals surface area (Å²) in [4.78, 5) is 0. The lowest BCUT2D eigenvalue weighted by Crippen LogP contribution is -2.30. The van der Waals surface area contributed by atoms with Gasteiger partial charge in [0, 0.05) is 6.04 Å². The molecule has 2 nitrogen and oxygen atoms in total. The first-order valence-electron chi connectivity index (χ1n) is 4.24. The molecule has 1 fully saturated rings. The van der Waals surface area contributed by atoms with E-state index in [4.69, 9.17) is 10.5 Å². The number of nitrogens with two attached hydrogens (primary N) is 1. The molecular weight excluding hydrogens is 158 g/mol. The van der Waals surface area contributed by atoms with E-state index in [9.17, 15) is 0 Å². The Hall–Kier alpha value is 0.270. The molecule has 0 radical (unpaired) electrons. The molecule has 0 aromatic carbocycles. The van der Waals surface area contributed by atoms with Crippen molar-refractivity contribution in [3.05, 3.63) is 0 Å². The summed E-state index contributed by atoms with van der Waals surface area (Å²) in [5.41, 5.74) is 5.62. The third-order valence-electron chi connectivity index (χ3n) is 1.76. The van der Waals surface area contributed by atoms with E-state index in [0.717, 1.165) is 24.9 Å². The highest BCUT2D eigenvalue weighted by Crippen LogP contribution is 2.20. The third kappa shape index (κ3) is 3.99. The fraction of sp³-hybridized carbons (Fsp3) is 1.00. The molecule has 0 amide bonds. The van der Waals surface area contributed by atoms with Crippen molar-refractivity contribution in [2.24, 2.45) is 5.73 Å². The Balaban J connectivity index is 1.80. The molecule has 1 saturated heterocycles. The number of ether oxygens (including phenoxy) is 1. The number of rotatable bonds is 5. The van der Waals surface area contributed by atoms with Crippen molar-refractivity contribution in [3.8, 4) is 0 Å². The molecule has 1 aliphatic rings. The van der Waals surface area contributed by atoms with Crippen LogP contribution in [0.25, 0.3) is 0 Å². The summed E-state index contributed by atoms with van der Waals surface area (Å²) in [5.74, 6) is 1.25. The number of hydrogen-bond donors (Lipinski definition) is 1. The van der Waals surface area contributed by atoms with Crippen molar-refractivity contribution in [2.75, 3.05) is 19.0 Å². The highest BCUT2D eigenvalue weighted by Gasteiger charge is 2.17. The van der Waals surface area contributed by atoms with Gasteiger partial charge in [-0.3, -0.25) is 0 Å². The first-order valence-corrected chi connectivity index (χ1v) is 5.29. The molecule has 1 heterocycles. The largest absolute Gasteiger partial charge is 0.379 e. The van der Waals surface area contributed by atoms with E-state index in [2.05, 4.69) is 6.92 Å². The molecule has 3 heteroatoms. The van der Waals surface area contributed by atoms with Gasteiger partial charge < -0.3 is 10.5 Å². The Morgan fingerprint density at radius 1 is 1.64 bits per heavy atom. The summed E-state index contributed by atoms with van der Waals surface area (Å²) in [5, 5.41) is 0.781. The van der Waals surface area contributed by atoms with E-state index in [1.807, 2.05) is 11.8 Å². The smallest absolute Gasteiger partial charge is 0.0607 e. The van der Waals surface area contributed by atoms with Crippen LogP contribution in [-0.4, -0.2) is 30.3 Å². The monoisotopic (exact) mass is 175 g/mol. The van der Waals surface area contributed by atoms with Gasteiger partial charge >= 0.3 is 0 Å². The van der Waals surface area contributed by atoms with E-state index in [0.29, 0.717) is 6.04 Å². The quantitative estimate of drug-likeness (QED) is 0.639. The van der Waals surface area contributed by atoms with Crippen LogP contribution < -0.4 is 5.73 Å². The first kappa shape index (κ1) is 9.36. The topological polar surface area (TPSA) is 35.2 Å². The van der Waals surface area contributed by atoms with Gasteiger partial charge in [0.1, 0.15) is 0 Å². The molecule has 0 aromatic rings. The molecule has 0 aromatic heterocycles. The Morgan fingerprint density at radius 2 is 2.36 bits per heavy atom. The molecule has 2 N–H and O–H groups in total. The van der Waals surface area contributed by atoms with Crippen LogP contribution in [-0.2, 0) is 4.74 Å². The van der Waals surface area contributed by atoms with Gasteiger partial charge in [-0.05, 0) is 25.5 Å². The normalized spacial score (nSPS) is 21.3. The van der Waals surface area contributed by atoms with Gasteiger partial charge in [-0.2, -0.15) is 11.8 Å². The minimum atomic E-state index is 0.369. The Kier molecular flexibility index (Phi) is 4.26. The van der Waals surface area contributed by atoms with Crippen LogP contribution in [0.1, 0.15) is 19.8 Å². The highest BCUT2D eigenvalue weighted by molar-refractivity contribution is 8.00. The van der Waals surface area contributed by atoms with Crippen LogP contribution in [0.4, 0.5) is 0 Å². The summed E-state index contributed by atoms with van der Waals surface area (Å²) in [7, 11) is 0. The average molecular weight is 175 g/mol. The molecule has 0 spiro atoms. The van der Waals surface area contributed by atoms with Crippen molar-refractivity contribution >= 4 is 11.8 Å². The van der Waals surface area contributed by atoms with Gasteiger partial charge in [0.15, 0.2) is 0 Å². The fourth-order valence-corrected chi connectivity index (χ4v) is 2.02. The van der Waals surface area contributed by atoms with Gasteiger partial charge in [0.05, 0.1) is 18.5 Å². The predicted octanol–water partition coefficient (Wildman–Crippen LogP) is 1.25. The molecule has 0 bridgehead atoms. The summed E-state index contributed by atoms with van der Waals surface area (Å²) in [6, 6.07) is 0.369. The minimum absolute atomic E-state index is 0.369. The second-order valence-corrected chi connectivity index (χ2v) is 4.56. The molecule has 1 rings (SSSR count). The average Bonchev–Trinajstić information content (AvgIpc) is 1.82. The summed E-state index contributed by atoms with van der Waals surface area (Å²) in [6.07, 6.45) is 2.40. The van der Waals surface area contributed by atoms with E-state index < -0.39 is 0 Å². The molecular formula is C8H17NOS. The molecule has 0 saturated carbocycles. The standard InChI is InChI=1S/C8H17NOS/c1-7(9)3-2-4-11-8-5-10-6-8/h7-8H,2-6,9H2,1H3. The maximum Gasteiger partial charge on any atom is 0.0607 e. The van der Waals surface area contributed by atoms with Crippen LogP contribution in [0.5, 0.6) is 0 Å². The second-order valence-electron chi connectivity index (χ2n) is 3.15. The van der Waals surface area contributed by atoms with Crippen LogP contribution in [0.3, 0.4) is 0 Å². The van der Waals surface area contributed by atoms with Crippen molar-refractivity contribution in [1.82, 2.24) is 0 Å². The van der Waals surface area contributed by atoms with Crippen molar-refractivity contribution in [2.45, 2.75) is 31.1 Å². The molecule has 1 unspecified atom stereocenters. The van der Waals surface area contributed by atoms with Gasteiger partial charge in [0.2, 0.25) is 0 Å². The lowest BCUT2D eigenvalue weighted by Gasteiger charge is -2.25. The van der Waals surface area contributed by atoms with Crippen molar-refractivity contribution in [3.63, 3.8) is 0 Å². The Bertz CT molecular complexity index is 104. The maximum atomic E-state index is 5.62. The van der Waals surface area contributed by atoms with Crippen LogP contribution in [0.2, 0.25) is 0 Å². The Morgan fingerprint density at radius 3 is 2.82 bits per heavy atom. The summed E-state index contributed by atoms with van der Waals surface area (Å²) in [6.45, 7) is 3.99. The van der Waals surface area contributed by atoms with E-state index in [1.165, 1.54) is 12.2 Å². The van der Waals surface area contributed by atoms with E-state index >= 15 is 0 Å². The van der Waals surface area contributed by atoms with Gasteiger partial charge in [0.25, 0.3) is 0 Å². The van der Waals surface area contributed by atoms with Gasteiger partial charge in [-0.1, -0.05) is 0 Å². The van der Waals surface area contributed by atoms with Gasteiger partial charge in [-0.25, -0.2) is 0 Å². The zero-order valence-corrected chi connectivity index (χ0v) is 7.90. The van der Waals surface area contributed by atoms with Crippen LogP contribution in [0.15, 0.2) is 0 Å². The lowest BCUT2D eigenvalue weighted by molar-refractivity contribution is 0.0455. The van der Waals surface area contributed by atoms with Crippen LogP contribution in [0, 0.1) is 0 Å². The second kappa shape index (κ2) is 5.01. The van der Waals surface area contributed by atoms with E-state index in [-0.39, 0.29) is 0 Å². The van der Waals surface area contributed by atoms with Crippen LogP contribution >= 0.6 is 11.8 Å². The molecule has 11 heavy (non-hydrogen) atoms. The van der Waals surface area contributed by atoms with Gasteiger partial charge in [-0.15, -0.1) is 0 Å². The zero-order valence-electron chi connectivity index (χ0n) is 7.08. The number of hydrogen-bond acceptors (Lipinski definition) is 3. The zero-order chi connectivity index (χ0) is 8.10.